The first-order valence-electron chi connectivity index (χ1n) is 6.38. The van der Waals surface area contributed by atoms with Crippen molar-refractivity contribution in [1.82, 2.24) is 4.90 Å². The van der Waals surface area contributed by atoms with E-state index < -0.39 is 10.0 Å². The molecule has 0 saturated heterocycles. The molecule has 0 N–H and O–H groups in total. The molecule has 1 aromatic carbocycles. The van der Waals surface area contributed by atoms with Crippen LogP contribution in [0.3, 0.4) is 0 Å². The smallest absolute Gasteiger partial charge is 0.283 e. The van der Waals surface area contributed by atoms with E-state index in [1.165, 1.54) is 6.34 Å². The quantitative estimate of drug-likeness (QED) is 0.612. The first kappa shape index (κ1) is 14.7. The molecule has 0 radical (unpaired) electrons. The van der Waals surface area contributed by atoms with Gasteiger partial charge in [-0.2, -0.15) is 8.42 Å². The summed E-state index contributed by atoms with van der Waals surface area (Å²) in [7, 11) is -0.235. The second kappa shape index (κ2) is 5.36. The van der Waals surface area contributed by atoms with Crippen LogP contribution in [0.5, 0.6) is 0 Å². The van der Waals surface area contributed by atoms with Crippen molar-refractivity contribution in [3.05, 3.63) is 29.8 Å². The molecule has 0 spiro atoms. The fraction of sp³-hybridized carbons (Fsp3) is 0.429. The summed E-state index contributed by atoms with van der Waals surface area (Å²) in [6, 6.07) is 6.64. The van der Waals surface area contributed by atoms with E-state index in [2.05, 4.69) is 4.40 Å². The Morgan fingerprint density at radius 1 is 1.30 bits per heavy atom. The fourth-order valence-corrected chi connectivity index (χ4v) is 3.03. The average molecular weight is 294 g/mol. The predicted molar refractivity (Wildman–Crippen MR) is 77.3 cm³/mol. The molecule has 1 fully saturated rings. The molecule has 1 unspecified atom stereocenters. The fourth-order valence-electron chi connectivity index (χ4n) is 2.12. The van der Waals surface area contributed by atoms with Gasteiger partial charge in [0.05, 0.1) is 4.90 Å². The highest BCUT2D eigenvalue weighted by molar-refractivity contribution is 7.90. The van der Waals surface area contributed by atoms with E-state index in [1.54, 1.807) is 50.2 Å². The first-order chi connectivity index (χ1) is 9.31. The molecule has 0 bridgehead atoms. The number of rotatable bonds is 5. The lowest BCUT2D eigenvalue weighted by molar-refractivity contribution is -0.118. The van der Waals surface area contributed by atoms with Crippen LogP contribution in [0.15, 0.2) is 33.6 Å². The van der Waals surface area contributed by atoms with Crippen molar-refractivity contribution in [2.45, 2.75) is 24.2 Å². The molecule has 1 aliphatic carbocycles. The second-order valence-electron chi connectivity index (χ2n) is 5.29. The van der Waals surface area contributed by atoms with Gasteiger partial charge >= 0.3 is 0 Å². The Bertz CT molecular complexity index is 633. The van der Waals surface area contributed by atoms with E-state index in [9.17, 15) is 13.2 Å². The zero-order valence-electron chi connectivity index (χ0n) is 11.8. The van der Waals surface area contributed by atoms with Crippen molar-refractivity contribution >= 4 is 22.1 Å². The van der Waals surface area contributed by atoms with Crippen LogP contribution >= 0.6 is 0 Å². The number of Topliss-reactive ketones (excluding diaryl/α,β-unsaturated/α-hetero) is 1. The topological polar surface area (TPSA) is 66.8 Å². The Morgan fingerprint density at radius 3 is 2.35 bits per heavy atom. The minimum atomic E-state index is -3.65. The third-order valence-electron chi connectivity index (χ3n) is 3.34. The SMILES string of the molecule is CC(=O)[C@@H]1CC1c1ccc(S(=O)(=O)N=CN(C)C)cc1. The van der Waals surface area contributed by atoms with E-state index in [-0.39, 0.29) is 22.5 Å². The highest BCUT2D eigenvalue weighted by Gasteiger charge is 2.41. The van der Waals surface area contributed by atoms with Gasteiger partial charge in [0.15, 0.2) is 0 Å². The Morgan fingerprint density at radius 2 is 1.90 bits per heavy atom. The van der Waals surface area contributed by atoms with Crippen LogP contribution in [0.2, 0.25) is 0 Å². The third kappa shape index (κ3) is 3.25. The van der Waals surface area contributed by atoms with E-state index in [0.29, 0.717) is 0 Å². The molecule has 1 saturated carbocycles. The van der Waals surface area contributed by atoms with Gasteiger partial charge in [-0.05, 0) is 37.0 Å². The highest BCUT2D eigenvalue weighted by atomic mass is 32.2. The second-order valence-corrected chi connectivity index (χ2v) is 6.92. The van der Waals surface area contributed by atoms with Crippen molar-refractivity contribution in [3.63, 3.8) is 0 Å². The molecular formula is C14H18N2O3S. The van der Waals surface area contributed by atoms with Crippen LogP contribution in [0, 0.1) is 5.92 Å². The van der Waals surface area contributed by atoms with Crippen LogP contribution in [0.1, 0.15) is 24.8 Å². The first-order valence-corrected chi connectivity index (χ1v) is 7.82. The Balaban J connectivity index is 2.15. The lowest BCUT2D eigenvalue weighted by Crippen LogP contribution is -2.10. The maximum Gasteiger partial charge on any atom is 0.283 e. The summed E-state index contributed by atoms with van der Waals surface area (Å²) < 4.78 is 27.4. The molecule has 2 rings (SSSR count). The van der Waals surface area contributed by atoms with Gasteiger partial charge in [-0.1, -0.05) is 12.1 Å². The van der Waals surface area contributed by atoms with E-state index >= 15 is 0 Å². The highest BCUT2D eigenvalue weighted by Crippen LogP contribution is 2.47. The van der Waals surface area contributed by atoms with Gasteiger partial charge in [-0.3, -0.25) is 4.79 Å². The van der Waals surface area contributed by atoms with E-state index in [1.807, 2.05) is 0 Å². The van der Waals surface area contributed by atoms with Gasteiger partial charge in [0.25, 0.3) is 10.0 Å². The van der Waals surface area contributed by atoms with Gasteiger partial charge in [0.2, 0.25) is 0 Å². The van der Waals surface area contributed by atoms with Crippen LogP contribution < -0.4 is 0 Å². The van der Waals surface area contributed by atoms with Crippen molar-refractivity contribution in [2.24, 2.45) is 10.3 Å². The molecule has 0 aromatic heterocycles. The van der Waals surface area contributed by atoms with Gasteiger partial charge < -0.3 is 4.90 Å². The molecule has 0 aliphatic heterocycles. The Kier molecular flexibility index (Phi) is 3.94. The summed E-state index contributed by atoms with van der Waals surface area (Å²) in [4.78, 5) is 13.0. The van der Waals surface area contributed by atoms with Crippen molar-refractivity contribution in [2.75, 3.05) is 14.1 Å². The van der Waals surface area contributed by atoms with Crippen LogP contribution in [-0.4, -0.2) is 39.5 Å². The zero-order chi connectivity index (χ0) is 14.9. The number of carbonyl (C=O) groups is 1. The normalized spacial score (nSPS) is 21.9. The lowest BCUT2D eigenvalue weighted by Gasteiger charge is -2.04. The minimum absolute atomic E-state index is 0.101. The van der Waals surface area contributed by atoms with E-state index in [4.69, 9.17) is 0 Å². The van der Waals surface area contributed by atoms with Crippen molar-refractivity contribution in [3.8, 4) is 0 Å². The zero-order valence-corrected chi connectivity index (χ0v) is 12.6. The number of hydrogen-bond donors (Lipinski definition) is 0. The molecular weight excluding hydrogens is 276 g/mol. The monoisotopic (exact) mass is 294 g/mol. The van der Waals surface area contributed by atoms with Crippen molar-refractivity contribution < 1.29 is 13.2 Å². The number of sulfonamides is 1. The summed E-state index contributed by atoms with van der Waals surface area (Å²) in [6.07, 6.45) is 2.12. The number of benzene rings is 1. The van der Waals surface area contributed by atoms with Gasteiger partial charge in [-0.25, -0.2) is 0 Å². The number of carbonyl (C=O) groups excluding carboxylic acids is 1. The Hall–Kier alpha value is -1.69. The molecule has 20 heavy (non-hydrogen) atoms. The minimum Gasteiger partial charge on any atom is -0.368 e. The largest absolute Gasteiger partial charge is 0.368 e. The predicted octanol–water partition coefficient (Wildman–Crippen LogP) is 1.66. The molecule has 0 heterocycles. The molecule has 1 aliphatic rings. The summed E-state index contributed by atoms with van der Waals surface area (Å²) in [5.41, 5.74) is 1.01. The molecule has 5 nitrogen and oxygen atoms in total. The van der Waals surface area contributed by atoms with Gasteiger partial charge in [0, 0.05) is 20.0 Å². The Labute approximate surface area is 119 Å². The van der Waals surface area contributed by atoms with Crippen molar-refractivity contribution in [1.29, 1.82) is 0 Å². The molecule has 108 valence electrons. The molecule has 6 heteroatoms. The number of nitrogens with zero attached hydrogens (tertiary/aromatic N) is 2. The number of hydrogen-bond acceptors (Lipinski definition) is 3. The maximum absolute atomic E-state index is 11.9. The van der Waals surface area contributed by atoms with E-state index in [0.717, 1.165) is 12.0 Å². The lowest BCUT2D eigenvalue weighted by atomic mass is 10.1. The average Bonchev–Trinajstić information content (AvgIpc) is 3.17. The summed E-state index contributed by atoms with van der Waals surface area (Å²) >= 11 is 0. The third-order valence-corrected chi connectivity index (χ3v) is 4.58. The van der Waals surface area contributed by atoms with Gasteiger partial charge in [-0.15, -0.1) is 4.40 Å². The van der Waals surface area contributed by atoms with Crippen LogP contribution in [0.4, 0.5) is 0 Å². The standard InChI is InChI=1S/C14H18N2O3S/c1-10(17)13-8-14(13)11-4-6-12(7-5-11)20(18,19)15-9-16(2)3/h4-7,9,13-14H,8H2,1-3H3/t13-,14?/m0/s1. The number of ketones is 1. The maximum atomic E-state index is 11.9. The summed E-state index contributed by atoms with van der Waals surface area (Å²) in [6.45, 7) is 1.60. The summed E-state index contributed by atoms with van der Waals surface area (Å²) in [5, 5.41) is 0. The van der Waals surface area contributed by atoms with Crippen LogP contribution in [-0.2, 0) is 14.8 Å². The van der Waals surface area contributed by atoms with Gasteiger partial charge in [0.1, 0.15) is 12.1 Å². The molecule has 2 atom stereocenters. The molecule has 1 aromatic rings. The summed E-state index contributed by atoms with van der Waals surface area (Å²) in [5.74, 6) is 0.543. The van der Waals surface area contributed by atoms with Crippen LogP contribution in [0.25, 0.3) is 0 Å². The molecule has 0 amide bonds.